The second-order valence-corrected chi connectivity index (χ2v) is 1.15. The molecule has 6 nitrogen and oxygen atoms in total. The minimum Gasteiger partial charge on any atom is -0.549 e. The van der Waals surface area contributed by atoms with Crippen molar-refractivity contribution in [3.8, 4) is 0 Å². The molecule has 0 bridgehead atoms. The second kappa shape index (κ2) is 12.1. The van der Waals surface area contributed by atoms with Crippen molar-refractivity contribution in [2.24, 2.45) is 11.5 Å². The standard InChI is InChI=1S/2C2H5NO2.Cu/c2*3-1-2(4)5;/h2*1,3H2,(H,4,5);/p-2. The van der Waals surface area contributed by atoms with E-state index in [9.17, 15) is 0 Å². The van der Waals surface area contributed by atoms with E-state index in [2.05, 4.69) is 11.5 Å². The van der Waals surface area contributed by atoms with E-state index in [4.69, 9.17) is 19.8 Å². The predicted molar refractivity (Wildman–Crippen MR) is 28.1 cm³/mol. The Balaban J connectivity index is -0.000000107. The van der Waals surface area contributed by atoms with Gasteiger partial charge in [0.1, 0.15) is 0 Å². The van der Waals surface area contributed by atoms with Gasteiger partial charge in [-0.05, 0) is 0 Å². The molecule has 0 aliphatic carbocycles. The van der Waals surface area contributed by atoms with Crippen LogP contribution in [0.3, 0.4) is 0 Å². The van der Waals surface area contributed by atoms with Gasteiger partial charge in [0.15, 0.2) is 0 Å². The Morgan fingerprint density at radius 1 is 1.00 bits per heavy atom. The molecule has 0 aliphatic rings. The average Bonchev–Trinajstić information content (AvgIpc) is 1.89. The van der Waals surface area contributed by atoms with Crippen molar-refractivity contribution in [3.05, 3.63) is 0 Å². The number of aliphatic carboxylic acids is 2. The molecule has 0 aliphatic heterocycles. The Kier molecular flexibility index (Phi) is 18.4. The zero-order valence-corrected chi connectivity index (χ0v) is 6.45. The smallest absolute Gasteiger partial charge is 0.0550 e. The molecule has 0 aromatic carbocycles. The fourth-order valence-electron chi connectivity index (χ4n) is 0. The summed E-state index contributed by atoms with van der Waals surface area (Å²) in [5.41, 5.74) is 9.02. The molecule has 1 radical (unpaired) electrons. The molecule has 4 N–H and O–H groups in total. The van der Waals surface area contributed by atoms with E-state index in [1.807, 2.05) is 0 Å². The monoisotopic (exact) mass is 211 g/mol. The van der Waals surface area contributed by atoms with Gasteiger partial charge in [0.25, 0.3) is 0 Å². The van der Waals surface area contributed by atoms with E-state index in [0.717, 1.165) is 0 Å². The molecule has 0 saturated carbocycles. The number of rotatable bonds is 2. The van der Waals surface area contributed by atoms with Gasteiger partial charge in [-0.3, -0.25) is 0 Å². The number of carboxylic acid groups (broad SMARTS) is 2. The van der Waals surface area contributed by atoms with Crippen LogP contribution in [0.5, 0.6) is 0 Å². The SMILES string of the molecule is NCC(=O)[O-].NCC(=O)[O-].[Cu]. The van der Waals surface area contributed by atoms with Crippen molar-refractivity contribution in [2.45, 2.75) is 0 Å². The fourth-order valence-corrected chi connectivity index (χ4v) is 0. The van der Waals surface area contributed by atoms with E-state index in [1.54, 1.807) is 0 Å². The van der Waals surface area contributed by atoms with Crippen molar-refractivity contribution in [1.29, 1.82) is 0 Å². The predicted octanol–water partition coefficient (Wildman–Crippen LogP) is -4.61. The minimum atomic E-state index is -1.22. The van der Waals surface area contributed by atoms with Crippen LogP contribution in [0.1, 0.15) is 0 Å². The first-order valence-electron chi connectivity index (χ1n) is 2.34. The maximum atomic E-state index is 9.13. The summed E-state index contributed by atoms with van der Waals surface area (Å²) in [4.78, 5) is 18.3. The first-order chi connectivity index (χ1) is 4.54. The first kappa shape index (κ1) is 16.8. The van der Waals surface area contributed by atoms with E-state index >= 15 is 0 Å². The summed E-state index contributed by atoms with van der Waals surface area (Å²) < 4.78 is 0. The molecule has 71 valence electrons. The molecular weight excluding hydrogens is 204 g/mol. The molecule has 0 unspecified atom stereocenters. The quantitative estimate of drug-likeness (QED) is 0.442. The molecular formula is C4H8CuN2O4-2. The molecule has 0 amide bonds. The summed E-state index contributed by atoms with van der Waals surface area (Å²) in [5.74, 6) is -2.44. The Morgan fingerprint density at radius 2 is 1.09 bits per heavy atom. The van der Waals surface area contributed by atoms with Crippen LogP contribution in [0.4, 0.5) is 0 Å². The van der Waals surface area contributed by atoms with Crippen LogP contribution in [-0.2, 0) is 26.7 Å². The number of hydrogen-bond acceptors (Lipinski definition) is 6. The van der Waals surface area contributed by atoms with Gasteiger partial charge in [-0.25, -0.2) is 0 Å². The molecule has 0 atom stereocenters. The molecule has 0 aromatic rings. The van der Waals surface area contributed by atoms with Gasteiger partial charge in [-0.1, -0.05) is 0 Å². The van der Waals surface area contributed by atoms with Gasteiger partial charge in [-0.2, -0.15) is 0 Å². The van der Waals surface area contributed by atoms with Crippen molar-refractivity contribution in [1.82, 2.24) is 0 Å². The van der Waals surface area contributed by atoms with Gasteiger partial charge in [-0.15, -0.1) is 0 Å². The van der Waals surface area contributed by atoms with Crippen molar-refractivity contribution >= 4 is 11.9 Å². The van der Waals surface area contributed by atoms with Gasteiger partial charge < -0.3 is 31.3 Å². The van der Waals surface area contributed by atoms with E-state index in [0.29, 0.717) is 0 Å². The van der Waals surface area contributed by atoms with Crippen molar-refractivity contribution in [3.63, 3.8) is 0 Å². The topological polar surface area (TPSA) is 132 Å². The van der Waals surface area contributed by atoms with Gasteiger partial charge >= 0.3 is 0 Å². The normalized spacial score (nSPS) is 6.73. The Bertz CT molecular complexity index is 105. The van der Waals surface area contributed by atoms with E-state index in [1.165, 1.54) is 0 Å². The Labute approximate surface area is 74.0 Å². The number of carboxylic acids is 2. The second-order valence-electron chi connectivity index (χ2n) is 1.15. The van der Waals surface area contributed by atoms with Crippen LogP contribution in [0, 0.1) is 0 Å². The third-order valence-electron chi connectivity index (χ3n) is 0.333. The summed E-state index contributed by atoms with van der Waals surface area (Å²) >= 11 is 0. The van der Waals surface area contributed by atoms with Crippen LogP contribution in [0.2, 0.25) is 0 Å². The molecule has 0 spiro atoms. The third-order valence-corrected chi connectivity index (χ3v) is 0.333. The zero-order valence-electron chi connectivity index (χ0n) is 5.50. The molecule has 0 fully saturated rings. The van der Waals surface area contributed by atoms with Gasteiger partial charge in [0.2, 0.25) is 0 Å². The maximum absolute atomic E-state index is 9.13. The zero-order chi connectivity index (χ0) is 8.57. The largest absolute Gasteiger partial charge is 0.549 e. The summed E-state index contributed by atoms with van der Waals surface area (Å²) in [7, 11) is 0. The minimum absolute atomic E-state index is 0. The van der Waals surface area contributed by atoms with Crippen molar-refractivity contribution in [2.75, 3.05) is 13.1 Å². The van der Waals surface area contributed by atoms with E-state index in [-0.39, 0.29) is 30.2 Å². The Morgan fingerprint density at radius 3 is 1.09 bits per heavy atom. The third kappa shape index (κ3) is 44.7. The molecule has 11 heavy (non-hydrogen) atoms. The molecule has 7 heteroatoms. The number of carbonyl (C=O) groups is 2. The summed E-state index contributed by atoms with van der Waals surface area (Å²) in [5, 5.41) is 18.3. The Hall–Kier alpha value is -0.621. The average molecular weight is 212 g/mol. The summed E-state index contributed by atoms with van der Waals surface area (Å²) in [6, 6.07) is 0. The van der Waals surface area contributed by atoms with Crippen molar-refractivity contribution < 1.29 is 36.9 Å². The van der Waals surface area contributed by atoms with Crippen LogP contribution in [-0.4, -0.2) is 25.0 Å². The van der Waals surface area contributed by atoms with Gasteiger partial charge in [0.05, 0.1) is 11.9 Å². The summed E-state index contributed by atoms with van der Waals surface area (Å²) in [6.07, 6.45) is 0. The molecule has 0 heterocycles. The molecule has 0 aromatic heterocycles. The molecule has 0 rings (SSSR count). The summed E-state index contributed by atoms with van der Waals surface area (Å²) in [6.45, 7) is -0.778. The maximum Gasteiger partial charge on any atom is 0.0550 e. The van der Waals surface area contributed by atoms with Crippen LogP contribution in [0.25, 0.3) is 0 Å². The number of hydrogen-bond donors (Lipinski definition) is 2. The fraction of sp³-hybridized carbons (Fsp3) is 0.500. The first-order valence-corrected chi connectivity index (χ1v) is 2.34. The van der Waals surface area contributed by atoms with Crippen LogP contribution in [0.15, 0.2) is 0 Å². The van der Waals surface area contributed by atoms with Crippen LogP contribution >= 0.6 is 0 Å². The van der Waals surface area contributed by atoms with Crippen LogP contribution < -0.4 is 21.7 Å². The molecule has 0 saturated heterocycles. The van der Waals surface area contributed by atoms with Gasteiger partial charge in [0, 0.05) is 30.2 Å². The number of nitrogens with two attached hydrogens (primary N) is 2. The van der Waals surface area contributed by atoms with E-state index < -0.39 is 11.9 Å². The number of carbonyl (C=O) groups excluding carboxylic acids is 2.